The summed E-state index contributed by atoms with van der Waals surface area (Å²) in [6, 6.07) is 12.0. The zero-order valence-electron chi connectivity index (χ0n) is 15.8. The van der Waals surface area contributed by atoms with Crippen molar-refractivity contribution in [3.8, 4) is 0 Å². The summed E-state index contributed by atoms with van der Waals surface area (Å²) in [7, 11) is 0. The average Bonchev–Trinajstić information content (AvgIpc) is 3.31. The number of Topliss-reactive ketones (excluding diaryl/α,β-unsaturated/α-hetero) is 1. The number of fused-ring (bicyclic) bond motifs is 3. The molecule has 0 bridgehead atoms. The Kier molecular flexibility index (Phi) is 3.65. The van der Waals surface area contributed by atoms with E-state index in [9.17, 15) is 19.2 Å². The molecule has 5 rings (SSSR count). The van der Waals surface area contributed by atoms with Gasteiger partial charge in [0.15, 0.2) is 5.78 Å². The topological polar surface area (TPSA) is 95.6 Å². The van der Waals surface area contributed by atoms with Crippen LogP contribution in [0, 0.1) is 0 Å². The van der Waals surface area contributed by atoms with Crippen LogP contribution >= 0.6 is 0 Å². The quantitative estimate of drug-likeness (QED) is 0.622. The molecule has 3 aliphatic rings. The normalized spacial score (nSPS) is 24.5. The number of anilines is 1. The predicted octanol–water partition coefficient (Wildman–Crippen LogP) is 2.32. The van der Waals surface area contributed by atoms with Crippen molar-refractivity contribution in [1.82, 2.24) is 10.2 Å². The van der Waals surface area contributed by atoms with Gasteiger partial charge >= 0.3 is 6.03 Å². The van der Waals surface area contributed by atoms with Crippen molar-refractivity contribution < 1.29 is 19.2 Å². The molecule has 1 spiro atoms. The second kappa shape index (κ2) is 6.01. The minimum absolute atomic E-state index is 0.111. The van der Waals surface area contributed by atoms with E-state index < -0.39 is 11.6 Å². The molecule has 1 aliphatic carbocycles. The Balaban J connectivity index is 1.41. The Morgan fingerprint density at radius 2 is 1.97 bits per heavy atom. The number of nitrogens with zero attached hydrogens (tertiary/aromatic N) is 1. The average molecular weight is 389 g/mol. The maximum Gasteiger partial charge on any atom is 0.325 e. The van der Waals surface area contributed by atoms with Crippen molar-refractivity contribution in [2.24, 2.45) is 0 Å². The van der Waals surface area contributed by atoms with Gasteiger partial charge in [0.25, 0.3) is 5.91 Å². The molecule has 29 heavy (non-hydrogen) atoms. The number of hydrogen-bond acceptors (Lipinski definition) is 4. The fourth-order valence-corrected chi connectivity index (χ4v) is 4.56. The van der Waals surface area contributed by atoms with E-state index in [2.05, 4.69) is 10.6 Å². The minimum Gasteiger partial charge on any atom is -0.325 e. The lowest BCUT2D eigenvalue weighted by Gasteiger charge is -2.22. The van der Waals surface area contributed by atoms with Gasteiger partial charge in [-0.15, -0.1) is 0 Å². The van der Waals surface area contributed by atoms with Crippen molar-refractivity contribution in [2.75, 3.05) is 11.9 Å². The Bertz CT molecular complexity index is 1110. The van der Waals surface area contributed by atoms with Crippen molar-refractivity contribution in [2.45, 2.75) is 31.2 Å². The number of benzene rings is 2. The first-order valence-corrected chi connectivity index (χ1v) is 9.61. The van der Waals surface area contributed by atoms with Crippen LogP contribution in [0.15, 0.2) is 42.5 Å². The number of aryl methyl sites for hydroxylation is 1. The molecule has 146 valence electrons. The van der Waals surface area contributed by atoms with Crippen LogP contribution < -0.4 is 10.6 Å². The monoisotopic (exact) mass is 389 g/mol. The van der Waals surface area contributed by atoms with Crippen LogP contribution in [-0.4, -0.2) is 35.1 Å². The molecule has 2 atom stereocenters. The minimum atomic E-state index is -1.07. The van der Waals surface area contributed by atoms with Crippen LogP contribution in [0.2, 0.25) is 0 Å². The standard InChI is InChI=1S/C22H19N3O4/c1-12-15-10-14(6-7-17(15)23-19(12)27)18(26)11-25-20(28)22(24-21(25)29)9-8-13-4-2-3-5-16(13)22/h2-7,10,12H,8-9,11H2,1H3,(H,23,27)(H,24,29)/t12-,22-/m0/s1. The van der Waals surface area contributed by atoms with Gasteiger partial charge in [-0.2, -0.15) is 0 Å². The first kappa shape index (κ1) is 17.6. The number of hydrogen-bond donors (Lipinski definition) is 2. The van der Waals surface area contributed by atoms with Crippen LogP contribution in [0.1, 0.15) is 46.3 Å². The molecule has 2 N–H and O–H groups in total. The lowest BCUT2D eigenvalue weighted by molar-refractivity contribution is -0.131. The Morgan fingerprint density at radius 3 is 2.79 bits per heavy atom. The lowest BCUT2D eigenvalue weighted by atomic mass is 9.91. The highest BCUT2D eigenvalue weighted by molar-refractivity contribution is 6.12. The maximum atomic E-state index is 13.2. The van der Waals surface area contributed by atoms with Gasteiger partial charge in [-0.1, -0.05) is 24.3 Å². The molecular formula is C22H19N3O4. The molecule has 2 aromatic carbocycles. The number of imide groups is 1. The maximum absolute atomic E-state index is 13.2. The number of amides is 4. The third-order valence-corrected chi connectivity index (χ3v) is 6.22. The van der Waals surface area contributed by atoms with Crippen molar-refractivity contribution in [3.05, 3.63) is 64.7 Å². The van der Waals surface area contributed by atoms with Crippen molar-refractivity contribution in [1.29, 1.82) is 0 Å². The second-order valence-corrected chi connectivity index (χ2v) is 7.82. The zero-order valence-corrected chi connectivity index (χ0v) is 15.8. The smallest absolute Gasteiger partial charge is 0.325 e. The third kappa shape index (κ3) is 2.43. The van der Waals surface area contributed by atoms with E-state index in [1.54, 1.807) is 25.1 Å². The number of rotatable bonds is 3. The molecule has 0 aromatic heterocycles. The van der Waals surface area contributed by atoms with Crippen LogP contribution in [0.3, 0.4) is 0 Å². The summed E-state index contributed by atoms with van der Waals surface area (Å²) < 4.78 is 0. The van der Waals surface area contributed by atoms with Gasteiger partial charge in [-0.05, 0) is 54.7 Å². The highest BCUT2D eigenvalue weighted by atomic mass is 16.2. The lowest BCUT2D eigenvalue weighted by Crippen LogP contribution is -2.42. The van der Waals surface area contributed by atoms with Gasteiger partial charge in [-0.25, -0.2) is 4.79 Å². The zero-order chi connectivity index (χ0) is 20.3. The highest BCUT2D eigenvalue weighted by Gasteiger charge is 2.55. The first-order chi connectivity index (χ1) is 13.9. The number of carbonyl (C=O) groups excluding carboxylic acids is 4. The summed E-state index contributed by atoms with van der Waals surface area (Å²) in [5, 5.41) is 5.59. The van der Waals surface area contributed by atoms with E-state index >= 15 is 0 Å². The fraction of sp³-hybridized carbons (Fsp3) is 0.273. The first-order valence-electron chi connectivity index (χ1n) is 9.61. The van der Waals surface area contributed by atoms with Crippen molar-refractivity contribution in [3.63, 3.8) is 0 Å². The molecule has 2 heterocycles. The van der Waals surface area contributed by atoms with Gasteiger partial charge in [-0.3, -0.25) is 19.3 Å². The van der Waals surface area contributed by atoms with E-state index in [1.807, 2.05) is 24.3 Å². The number of nitrogens with one attached hydrogen (secondary N) is 2. The second-order valence-electron chi connectivity index (χ2n) is 7.82. The fourth-order valence-electron chi connectivity index (χ4n) is 4.56. The van der Waals surface area contributed by atoms with E-state index in [-0.39, 0.29) is 30.1 Å². The van der Waals surface area contributed by atoms with Gasteiger partial charge < -0.3 is 10.6 Å². The molecule has 7 nitrogen and oxygen atoms in total. The van der Waals surface area contributed by atoms with E-state index in [0.717, 1.165) is 21.6 Å². The van der Waals surface area contributed by atoms with Crippen molar-refractivity contribution >= 4 is 29.3 Å². The van der Waals surface area contributed by atoms with E-state index in [1.165, 1.54) is 0 Å². The Hall–Kier alpha value is -3.48. The third-order valence-electron chi connectivity index (χ3n) is 6.22. The predicted molar refractivity (Wildman–Crippen MR) is 105 cm³/mol. The van der Waals surface area contributed by atoms with Crippen LogP contribution in [0.5, 0.6) is 0 Å². The molecule has 0 saturated carbocycles. The molecule has 0 unspecified atom stereocenters. The summed E-state index contributed by atoms with van der Waals surface area (Å²) in [4.78, 5) is 51.5. The van der Waals surface area contributed by atoms with Crippen LogP contribution in [-0.2, 0) is 21.5 Å². The molecule has 7 heteroatoms. The largest absolute Gasteiger partial charge is 0.325 e. The molecular weight excluding hydrogens is 370 g/mol. The summed E-state index contributed by atoms with van der Waals surface area (Å²) in [5.74, 6) is -1.17. The number of ketones is 1. The van der Waals surface area contributed by atoms with E-state index in [0.29, 0.717) is 24.1 Å². The molecule has 2 aromatic rings. The summed E-state index contributed by atoms with van der Waals surface area (Å²) in [6.45, 7) is 1.44. The van der Waals surface area contributed by atoms with Gasteiger partial charge in [0, 0.05) is 11.3 Å². The van der Waals surface area contributed by atoms with Gasteiger partial charge in [0.1, 0.15) is 5.54 Å². The highest BCUT2D eigenvalue weighted by Crippen LogP contribution is 2.41. The molecule has 4 amide bonds. The van der Waals surface area contributed by atoms with Crippen LogP contribution in [0.4, 0.5) is 10.5 Å². The summed E-state index contributed by atoms with van der Waals surface area (Å²) in [6.07, 6.45) is 1.19. The van der Waals surface area contributed by atoms with E-state index in [4.69, 9.17) is 0 Å². The molecule has 0 radical (unpaired) electrons. The summed E-state index contributed by atoms with van der Waals surface area (Å²) >= 11 is 0. The Labute approximate surface area is 167 Å². The molecule has 2 aliphatic heterocycles. The van der Waals surface area contributed by atoms with Crippen LogP contribution in [0.25, 0.3) is 0 Å². The number of urea groups is 1. The SMILES string of the molecule is C[C@@H]1C(=O)Nc2ccc(C(=O)CN3C(=O)N[C@]4(CCc5ccccc54)C3=O)cc21. The Morgan fingerprint density at radius 1 is 1.17 bits per heavy atom. The van der Waals surface area contributed by atoms with Gasteiger partial charge in [0.05, 0.1) is 12.5 Å². The molecule has 1 saturated heterocycles. The summed E-state index contributed by atoms with van der Waals surface area (Å²) in [5.41, 5.74) is 2.59. The number of carbonyl (C=O) groups is 4. The van der Waals surface area contributed by atoms with Gasteiger partial charge in [0.2, 0.25) is 5.91 Å². The molecule has 1 fully saturated rings.